The van der Waals surface area contributed by atoms with Crippen molar-refractivity contribution in [3.05, 3.63) is 47.8 Å². The maximum atomic E-state index is 12.4. The average molecular weight is 284 g/mol. The molecule has 1 aliphatic rings. The van der Waals surface area contributed by atoms with E-state index in [1.54, 1.807) is 4.68 Å². The van der Waals surface area contributed by atoms with Crippen LogP contribution in [0, 0.1) is 6.92 Å². The molecule has 5 heteroatoms. The minimum atomic E-state index is 0.0633. The summed E-state index contributed by atoms with van der Waals surface area (Å²) in [7, 11) is 0. The van der Waals surface area contributed by atoms with Gasteiger partial charge in [-0.05, 0) is 49.6 Å². The van der Waals surface area contributed by atoms with Crippen LogP contribution in [-0.4, -0.2) is 39.7 Å². The molecule has 0 unspecified atom stereocenters. The second kappa shape index (κ2) is 5.69. The van der Waals surface area contributed by atoms with Crippen molar-refractivity contribution in [3.63, 3.8) is 0 Å². The first-order valence-corrected chi connectivity index (χ1v) is 7.30. The first-order chi connectivity index (χ1) is 10.1. The second-order valence-corrected chi connectivity index (χ2v) is 5.66. The molecule has 110 valence electrons. The summed E-state index contributed by atoms with van der Waals surface area (Å²) in [6, 6.07) is 7.66. The molecule has 0 saturated carbocycles. The van der Waals surface area contributed by atoms with Gasteiger partial charge in [0.1, 0.15) is 0 Å². The van der Waals surface area contributed by atoms with Crippen molar-refractivity contribution in [1.29, 1.82) is 0 Å². The number of carbonyl (C=O) groups excluding carboxylic acids is 1. The zero-order valence-electron chi connectivity index (χ0n) is 12.2. The van der Waals surface area contributed by atoms with Crippen LogP contribution in [0.4, 0.5) is 0 Å². The summed E-state index contributed by atoms with van der Waals surface area (Å²) in [4.78, 5) is 14.3. The van der Waals surface area contributed by atoms with Crippen molar-refractivity contribution >= 4 is 5.91 Å². The van der Waals surface area contributed by atoms with Gasteiger partial charge in [0, 0.05) is 30.9 Å². The van der Waals surface area contributed by atoms with Gasteiger partial charge in [-0.25, -0.2) is 4.68 Å². The maximum absolute atomic E-state index is 12.4. The lowest BCUT2D eigenvalue weighted by molar-refractivity contribution is 0.0709. The van der Waals surface area contributed by atoms with Crippen LogP contribution in [-0.2, 0) is 0 Å². The number of amides is 1. The lowest BCUT2D eigenvalue weighted by Crippen LogP contribution is -2.45. The summed E-state index contributed by atoms with van der Waals surface area (Å²) in [5.41, 5.74) is 8.71. The highest BCUT2D eigenvalue weighted by atomic mass is 16.2. The summed E-state index contributed by atoms with van der Waals surface area (Å²) in [6.07, 6.45) is 5.76. The Morgan fingerprint density at radius 3 is 2.71 bits per heavy atom. The van der Waals surface area contributed by atoms with Crippen molar-refractivity contribution in [3.8, 4) is 5.69 Å². The molecule has 5 nitrogen and oxygen atoms in total. The first kappa shape index (κ1) is 13.8. The molecule has 0 radical (unpaired) electrons. The highest BCUT2D eigenvalue weighted by Crippen LogP contribution is 2.15. The number of hydrogen-bond acceptors (Lipinski definition) is 3. The Bertz CT molecular complexity index is 632. The van der Waals surface area contributed by atoms with Crippen molar-refractivity contribution < 1.29 is 4.79 Å². The molecule has 2 aromatic rings. The van der Waals surface area contributed by atoms with Crippen LogP contribution < -0.4 is 5.73 Å². The van der Waals surface area contributed by atoms with Gasteiger partial charge in [0.25, 0.3) is 5.91 Å². The van der Waals surface area contributed by atoms with Crippen LogP contribution in [0.25, 0.3) is 5.69 Å². The molecule has 1 atom stereocenters. The van der Waals surface area contributed by atoms with Gasteiger partial charge < -0.3 is 10.6 Å². The van der Waals surface area contributed by atoms with Crippen LogP contribution >= 0.6 is 0 Å². The number of nitrogens with zero attached hydrogens (tertiary/aromatic N) is 3. The third kappa shape index (κ3) is 2.97. The molecule has 3 rings (SSSR count). The highest BCUT2D eigenvalue weighted by molar-refractivity contribution is 5.94. The number of piperidine rings is 1. The third-order valence-electron chi connectivity index (χ3n) is 3.84. The molecular formula is C16H20N4O. The zero-order valence-corrected chi connectivity index (χ0v) is 12.2. The number of nitrogens with two attached hydrogens (primary N) is 1. The molecule has 2 N–H and O–H groups in total. The minimum Gasteiger partial charge on any atom is -0.337 e. The minimum absolute atomic E-state index is 0.0633. The fourth-order valence-electron chi connectivity index (χ4n) is 2.69. The fraction of sp³-hybridized carbons (Fsp3) is 0.375. The van der Waals surface area contributed by atoms with E-state index in [1.807, 2.05) is 48.5 Å². The molecule has 1 aromatic carbocycles. The van der Waals surface area contributed by atoms with E-state index in [0.29, 0.717) is 12.1 Å². The number of benzene rings is 1. The van der Waals surface area contributed by atoms with Gasteiger partial charge in [0.2, 0.25) is 0 Å². The van der Waals surface area contributed by atoms with Crippen molar-refractivity contribution in [2.75, 3.05) is 13.1 Å². The first-order valence-electron chi connectivity index (χ1n) is 7.30. The molecule has 1 amide bonds. The Morgan fingerprint density at radius 2 is 2.10 bits per heavy atom. The summed E-state index contributed by atoms with van der Waals surface area (Å²) < 4.78 is 1.81. The maximum Gasteiger partial charge on any atom is 0.253 e. The van der Waals surface area contributed by atoms with Gasteiger partial charge in [-0.2, -0.15) is 5.10 Å². The SMILES string of the molecule is Cc1cnn(-c2ccc(C(=O)N3CCC[C@@H](N)C3)cc2)c1. The van der Waals surface area contributed by atoms with E-state index in [-0.39, 0.29) is 11.9 Å². The number of aryl methyl sites for hydroxylation is 1. The van der Waals surface area contributed by atoms with E-state index in [2.05, 4.69) is 5.10 Å². The molecule has 0 aliphatic carbocycles. The Hall–Kier alpha value is -2.14. The van der Waals surface area contributed by atoms with Crippen LogP contribution in [0.5, 0.6) is 0 Å². The fourth-order valence-corrected chi connectivity index (χ4v) is 2.69. The Kier molecular flexibility index (Phi) is 3.75. The molecule has 1 saturated heterocycles. The van der Waals surface area contributed by atoms with Crippen molar-refractivity contribution in [2.45, 2.75) is 25.8 Å². The monoisotopic (exact) mass is 284 g/mol. The van der Waals surface area contributed by atoms with Gasteiger partial charge in [-0.1, -0.05) is 0 Å². The summed E-state index contributed by atoms with van der Waals surface area (Å²) in [5.74, 6) is 0.0633. The summed E-state index contributed by atoms with van der Waals surface area (Å²) >= 11 is 0. The van der Waals surface area contributed by atoms with E-state index in [4.69, 9.17) is 5.73 Å². The standard InChI is InChI=1S/C16H20N4O/c1-12-9-18-20(10-12)15-6-4-13(5-7-15)16(21)19-8-2-3-14(17)11-19/h4-7,9-10,14H,2-3,8,11,17H2,1H3/t14-/m1/s1. The van der Waals surface area contributed by atoms with E-state index >= 15 is 0 Å². The van der Waals surface area contributed by atoms with E-state index in [9.17, 15) is 4.79 Å². The van der Waals surface area contributed by atoms with E-state index in [0.717, 1.165) is 30.6 Å². The van der Waals surface area contributed by atoms with E-state index in [1.165, 1.54) is 0 Å². The predicted molar refractivity (Wildman–Crippen MR) is 81.4 cm³/mol. The van der Waals surface area contributed by atoms with Gasteiger partial charge in [0.05, 0.1) is 11.9 Å². The molecule has 1 aliphatic heterocycles. The van der Waals surface area contributed by atoms with Crippen LogP contribution in [0.1, 0.15) is 28.8 Å². The third-order valence-corrected chi connectivity index (χ3v) is 3.84. The Morgan fingerprint density at radius 1 is 1.33 bits per heavy atom. The van der Waals surface area contributed by atoms with Gasteiger partial charge in [0.15, 0.2) is 0 Å². The van der Waals surface area contributed by atoms with Crippen LogP contribution in [0.15, 0.2) is 36.7 Å². The normalized spacial score (nSPS) is 18.8. The number of carbonyl (C=O) groups is 1. The van der Waals surface area contributed by atoms with Gasteiger partial charge in [-0.15, -0.1) is 0 Å². The lowest BCUT2D eigenvalue weighted by Gasteiger charge is -2.30. The predicted octanol–water partition coefficient (Wildman–Crippen LogP) is 1.74. The Balaban J connectivity index is 1.76. The van der Waals surface area contributed by atoms with Gasteiger partial charge in [-0.3, -0.25) is 4.79 Å². The molecular weight excluding hydrogens is 264 g/mol. The number of likely N-dealkylation sites (tertiary alicyclic amines) is 1. The highest BCUT2D eigenvalue weighted by Gasteiger charge is 2.22. The van der Waals surface area contributed by atoms with E-state index < -0.39 is 0 Å². The average Bonchev–Trinajstić information content (AvgIpc) is 2.93. The zero-order chi connectivity index (χ0) is 14.8. The lowest BCUT2D eigenvalue weighted by atomic mass is 10.1. The molecule has 0 spiro atoms. The molecule has 2 heterocycles. The molecule has 1 fully saturated rings. The van der Waals surface area contributed by atoms with Crippen molar-refractivity contribution in [2.24, 2.45) is 5.73 Å². The van der Waals surface area contributed by atoms with Crippen molar-refractivity contribution in [1.82, 2.24) is 14.7 Å². The quantitative estimate of drug-likeness (QED) is 0.913. The smallest absolute Gasteiger partial charge is 0.253 e. The molecule has 1 aromatic heterocycles. The number of aromatic nitrogens is 2. The van der Waals surface area contributed by atoms with Crippen LogP contribution in [0.2, 0.25) is 0 Å². The molecule has 21 heavy (non-hydrogen) atoms. The largest absolute Gasteiger partial charge is 0.337 e. The Labute approximate surface area is 124 Å². The number of rotatable bonds is 2. The number of hydrogen-bond donors (Lipinski definition) is 1. The summed E-state index contributed by atoms with van der Waals surface area (Å²) in [5, 5.41) is 4.27. The summed E-state index contributed by atoms with van der Waals surface area (Å²) in [6.45, 7) is 3.45. The second-order valence-electron chi connectivity index (χ2n) is 5.66. The van der Waals surface area contributed by atoms with Crippen LogP contribution in [0.3, 0.4) is 0 Å². The van der Waals surface area contributed by atoms with Gasteiger partial charge >= 0.3 is 0 Å². The molecule has 0 bridgehead atoms. The topological polar surface area (TPSA) is 64.2 Å².